The van der Waals surface area contributed by atoms with E-state index in [4.69, 9.17) is 22.1 Å². The first-order valence-electron chi connectivity index (χ1n) is 5.73. The number of hydrogen-bond donors (Lipinski definition) is 0. The Kier molecular flexibility index (Phi) is 3.82. The molecular formula is C15H11ClN2. The van der Waals surface area contributed by atoms with E-state index in [1.807, 2.05) is 48.6 Å². The van der Waals surface area contributed by atoms with Gasteiger partial charge in [-0.3, -0.25) is 0 Å². The van der Waals surface area contributed by atoms with E-state index in [9.17, 15) is 0 Å². The summed E-state index contributed by atoms with van der Waals surface area (Å²) >= 11 is 6.05. The smallest absolute Gasteiger partial charge is 0.133 e. The molecule has 3 heteroatoms. The summed E-state index contributed by atoms with van der Waals surface area (Å²) in [7, 11) is 0. The predicted octanol–water partition coefficient (Wildman–Crippen LogP) is 4.11. The molecule has 1 aliphatic carbocycles. The number of allylic oxidation sites excluding steroid dienone is 3. The van der Waals surface area contributed by atoms with Crippen LogP contribution in [0.3, 0.4) is 0 Å². The van der Waals surface area contributed by atoms with Crippen LogP contribution in [0.2, 0.25) is 5.02 Å². The SMILES string of the molecule is N#CC(C#N)=C(C=Cc1ccccc1Cl)C1CC1. The molecule has 0 radical (unpaired) electrons. The fraction of sp³-hybridized carbons (Fsp3) is 0.200. The van der Waals surface area contributed by atoms with Crippen molar-refractivity contribution in [2.75, 3.05) is 0 Å². The highest BCUT2D eigenvalue weighted by atomic mass is 35.5. The average molecular weight is 255 g/mol. The van der Waals surface area contributed by atoms with Gasteiger partial charge in [0.1, 0.15) is 17.7 Å². The molecule has 1 aliphatic rings. The van der Waals surface area contributed by atoms with Crippen LogP contribution in [-0.2, 0) is 0 Å². The lowest BCUT2D eigenvalue weighted by Crippen LogP contribution is -1.87. The van der Waals surface area contributed by atoms with E-state index in [-0.39, 0.29) is 5.57 Å². The fourth-order valence-electron chi connectivity index (χ4n) is 1.76. The molecule has 0 aliphatic heterocycles. The zero-order valence-corrected chi connectivity index (χ0v) is 10.5. The predicted molar refractivity (Wildman–Crippen MR) is 71.5 cm³/mol. The summed E-state index contributed by atoms with van der Waals surface area (Å²) in [6.45, 7) is 0. The van der Waals surface area contributed by atoms with Gasteiger partial charge in [0.2, 0.25) is 0 Å². The van der Waals surface area contributed by atoms with Crippen LogP contribution in [0.5, 0.6) is 0 Å². The maximum atomic E-state index is 8.93. The molecule has 0 heterocycles. The maximum Gasteiger partial charge on any atom is 0.133 e. The Morgan fingerprint density at radius 2 is 1.89 bits per heavy atom. The third kappa shape index (κ3) is 2.80. The van der Waals surface area contributed by atoms with Gasteiger partial charge in [0.05, 0.1) is 0 Å². The highest BCUT2D eigenvalue weighted by Gasteiger charge is 2.27. The molecule has 0 saturated heterocycles. The number of rotatable bonds is 3. The summed E-state index contributed by atoms with van der Waals surface area (Å²) in [6, 6.07) is 11.4. The Morgan fingerprint density at radius 3 is 2.44 bits per heavy atom. The van der Waals surface area contributed by atoms with E-state index in [2.05, 4.69) is 0 Å². The zero-order chi connectivity index (χ0) is 13.0. The Balaban J connectivity index is 2.32. The molecule has 0 spiro atoms. The standard InChI is InChI=1S/C15H11ClN2/c16-15-4-2-1-3-12(15)7-8-14(11-5-6-11)13(9-17)10-18/h1-4,7-8,11H,5-6H2. The van der Waals surface area contributed by atoms with Crippen LogP contribution in [0.15, 0.2) is 41.5 Å². The lowest BCUT2D eigenvalue weighted by Gasteiger charge is -2.00. The van der Waals surface area contributed by atoms with E-state index in [1.165, 1.54) is 0 Å². The first-order chi connectivity index (χ1) is 8.76. The van der Waals surface area contributed by atoms with Crippen LogP contribution in [0.1, 0.15) is 18.4 Å². The van der Waals surface area contributed by atoms with Gasteiger partial charge < -0.3 is 0 Å². The van der Waals surface area contributed by atoms with Crippen molar-refractivity contribution < 1.29 is 0 Å². The van der Waals surface area contributed by atoms with Gasteiger partial charge >= 0.3 is 0 Å². The summed E-state index contributed by atoms with van der Waals surface area (Å²) in [6.07, 6.45) is 5.81. The van der Waals surface area contributed by atoms with Gasteiger partial charge in [-0.25, -0.2) is 0 Å². The molecule has 0 aromatic heterocycles. The molecule has 0 atom stereocenters. The Bertz CT molecular complexity index is 580. The van der Waals surface area contributed by atoms with Gasteiger partial charge in [-0.15, -0.1) is 0 Å². The average Bonchev–Trinajstić information content (AvgIpc) is 3.20. The summed E-state index contributed by atoms with van der Waals surface area (Å²) in [5.41, 5.74) is 1.94. The second kappa shape index (κ2) is 5.54. The van der Waals surface area contributed by atoms with Gasteiger partial charge in [-0.1, -0.05) is 42.0 Å². The maximum absolute atomic E-state index is 8.93. The van der Waals surface area contributed by atoms with Crippen LogP contribution in [0, 0.1) is 28.6 Å². The highest BCUT2D eigenvalue weighted by Crippen LogP contribution is 2.39. The normalized spacial score (nSPS) is 13.9. The quantitative estimate of drug-likeness (QED) is 0.602. The van der Waals surface area contributed by atoms with Gasteiger partial charge in [0.25, 0.3) is 0 Å². The van der Waals surface area contributed by atoms with E-state index in [1.54, 1.807) is 0 Å². The highest BCUT2D eigenvalue weighted by molar-refractivity contribution is 6.32. The summed E-state index contributed by atoms with van der Waals surface area (Å²) in [4.78, 5) is 0. The molecule has 1 aromatic rings. The second-order valence-electron chi connectivity index (χ2n) is 4.18. The lowest BCUT2D eigenvalue weighted by molar-refractivity contribution is 1.04. The van der Waals surface area contributed by atoms with Crippen molar-refractivity contribution in [1.29, 1.82) is 10.5 Å². The van der Waals surface area contributed by atoms with Crippen molar-refractivity contribution in [3.05, 3.63) is 52.1 Å². The number of benzene rings is 1. The number of nitrogens with zero attached hydrogens (tertiary/aromatic N) is 2. The van der Waals surface area contributed by atoms with Crippen molar-refractivity contribution in [2.24, 2.45) is 5.92 Å². The Labute approximate surface area is 111 Å². The van der Waals surface area contributed by atoms with Crippen molar-refractivity contribution >= 4 is 17.7 Å². The number of halogens is 1. The van der Waals surface area contributed by atoms with Crippen LogP contribution < -0.4 is 0 Å². The second-order valence-corrected chi connectivity index (χ2v) is 4.59. The van der Waals surface area contributed by atoms with Gasteiger partial charge in [0.15, 0.2) is 0 Å². The van der Waals surface area contributed by atoms with E-state index >= 15 is 0 Å². The summed E-state index contributed by atoms with van der Waals surface area (Å²) < 4.78 is 0. The molecule has 2 rings (SSSR count). The number of nitriles is 2. The molecule has 0 bridgehead atoms. The molecule has 0 N–H and O–H groups in total. The Hall–Kier alpha value is -2.03. The van der Waals surface area contributed by atoms with E-state index in [0.29, 0.717) is 10.9 Å². The minimum Gasteiger partial charge on any atom is -0.192 e. The van der Waals surface area contributed by atoms with Crippen LogP contribution >= 0.6 is 11.6 Å². The lowest BCUT2D eigenvalue weighted by atomic mass is 10.0. The molecular weight excluding hydrogens is 244 g/mol. The van der Waals surface area contributed by atoms with Crippen LogP contribution in [-0.4, -0.2) is 0 Å². The van der Waals surface area contributed by atoms with Gasteiger partial charge in [-0.05, 0) is 36.0 Å². The minimum atomic E-state index is 0.209. The summed E-state index contributed by atoms with van der Waals surface area (Å²) in [5, 5.41) is 18.5. The van der Waals surface area contributed by atoms with Crippen molar-refractivity contribution in [3.8, 4) is 12.1 Å². The minimum absolute atomic E-state index is 0.209. The van der Waals surface area contributed by atoms with Crippen molar-refractivity contribution in [2.45, 2.75) is 12.8 Å². The van der Waals surface area contributed by atoms with Gasteiger partial charge in [-0.2, -0.15) is 10.5 Å². The zero-order valence-electron chi connectivity index (χ0n) is 9.73. The molecule has 0 unspecified atom stereocenters. The first kappa shape index (κ1) is 12.4. The molecule has 1 aromatic carbocycles. The van der Waals surface area contributed by atoms with Crippen LogP contribution in [0.25, 0.3) is 6.08 Å². The fourth-order valence-corrected chi connectivity index (χ4v) is 1.96. The topological polar surface area (TPSA) is 47.6 Å². The van der Waals surface area contributed by atoms with Crippen molar-refractivity contribution in [3.63, 3.8) is 0 Å². The van der Waals surface area contributed by atoms with Crippen LogP contribution in [0.4, 0.5) is 0 Å². The van der Waals surface area contributed by atoms with Crippen molar-refractivity contribution in [1.82, 2.24) is 0 Å². The molecule has 1 saturated carbocycles. The first-order valence-corrected chi connectivity index (χ1v) is 6.11. The molecule has 2 nitrogen and oxygen atoms in total. The molecule has 0 amide bonds. The Morgan fingerprint density at radius 1 is 1.22 bits per heavy atom. The van der Waals surface area contributed by atoms with E-state index < -0.39 is 0 Å². The third-order valence-electron chi connectivity index (χ3n) is 2.88. The third-order valence-corrected chi connectivity index (χ3v) is 3.22. The van der Waals surface area contributed by atoms with E-state index in [0.717, 1.165) is 24.0 Å². The summed E-state index contributed by atoms with van der Waals surface area (Å²) in [5.74, 6) is 0.359. The number of hydrogen-bond acceptors (Lipinski definition) is 2. The molecule has 88 valence electrons. The largest absolute Gasteiger partial charge is 0.192 e. The monoisotopic (exact) mass is 254 g/mol. The molecule has 18 heavy (non-hydrogen) atoms. The van der Waals surface area contributed by atoms with Gasteiger partial charge in [0, 0.05) is 5.02 Å². The molecule has 1 fully saturated rings.